The number of hydrazone groups is 1. The molecule has 0 saturated carbocycles. The van der Waals surface area contributed by atoms with E-state index in [1.54, 1.807) is 25.3 Å². The van der Waals surface area contributed by atoms with Gasteiger partial charge in [0, 0.05) is 0 Å². The highest BCUT2D eigenvalue weighted by Crippen LogP contribution is 2.36. The van der Waals surface area contributed by atoms with E-state index < -0.39 is 0 Å². The Morgan fingerprint density at radius 2 is 1.80 bits per heavy atom. The van der Waals surface area contributed by atoms with Gasteiger partial charge in [0.1, 0.15) is 12.4 Å². The first-order chi connectivity index (χ1) is 14.6. The highest BCUT2D eigenvalue weighted by molar-refractivity contribution is 9.10. The minimum absolute atomic E-state index is 0.353. The molecule has 7 heteroatoms. The summed E-state index contributed by atoms with van der Waals surface area (Å²) in [5, 5.41) is 6.00. The third kappa shape index (κ3) is 4.80. The van der Waals surface area contributed by atoms with Crippen LogP contribution in [0.25, 0.3) is 10.8 Å². The van der Waals surface area contributed by atoms with Gasteiger partial charge in [0.05, 0.1) is 30.5 Å². The van der Waals surface area contributed by atoms with Crippen molar-refractivity contribution >= 4 is 38.8 Å². The van der Waals surface area contributed by atoms with Gasteiger partial charge in [0.2, 0.25) is 0 Å². The lowest BCUT2D eigenvalue weighted by atomic mass is 10.1. The molecular weight excluding hydrogens is 448 g/mol. The molecule has 1 N–H and O–H groups in total. The van der Waals surface area contributed by atoms with Crippen molar-refractivity contribution in [3.05, 3.63) is 76.8 Å². The summed E-state index contributed by atoms with van der Waals surface area (Å²) < 4.78 is 17.1. The molecule has 0 atom stereocenters. The molecule has 0 fully saturated rings. The van der Waals surface area contributed by atoms with Crippen LogP contribution in [0, 0.1) is 0 Å². The summed E-state index contributed by atoms with van der Waals surface area (Å²) in [5.41, 5.74) is 3.66. The summed E-state index contributed by atoms with van der Waals surface area (Å²) in [4.78, 5) is 12.7. The smallest absolute Gasteiger partial charge is 0.275 e. The van der Waals surface area contributed by atoms with Gasteiger partial charge in [-0.1, -0.05) is 36.9 Å². The first kappa shape index (κ1) is 21.4. The number of amides is 1. The third-order valence-corrected chi connectivity index (χ3v) is 4.88. The predicted octanol–water partition coefficient (Wildman–Crippen LogP) is 4.95. The lowest BCUT2D eigenvalue weighted by molar-refractivity contribution is 0.0952. The van der Waals surface area contributed by atoms with E-state index in [0.717, 1.165) is 16.3 Å². The first-order valence-corrected chi connectivity index (χ1v) is 9.88. The van der Waals surface area contributed by atoms with Crippen molar-refractivity contribution in [3.63, 3.8) is 0 Å². The van der Waals surface area contributed by atoms with E-state index >= 15 is 0 Å². The van der Waals surface area contributed by atoms with Crippen LogP contribution in [-0.2, 0) is 0 Å². The van der Waals surface area contributed by atoms with E-state index in [9.17, 15) is 4.79 Å². The number of carbonyl (C=O) groups excluding carboxylic acids is 1. The number of methoxy groups -OCH3 is 2. The van der Waals surface area contributed by atoms with Crippen molar-refractivity contribution < 1.29 is 19.0 Å². The summed E-state index contributed by atoms with van der Waals surface area (Å²) in [6.45, 7) is 3.99. The lowest BCUT2D eigenvalue weighted by Crippen LogP contribution is -2.18. The van der Waals surface area contributed by atoms with Gasteiger partial charge in [0.25, 0.3) is 5.91 Å². The standard InChI is InChI=1S/C23H21BrN2O4/c1-4-9-30-22-19(24)10-15(11-21(22)29-3)14-25-26-23(27)18-12-16-7-5-6-8-17(16)13-20(18)28-2/h4-8,10-14H,1,9H2,2-3H3,(H,26,27)/b25-14-. The van der Waals surface area contributed by atoms with Gasteiger partial charge in [-0.05, 0) is 56.5 Å². The maximum Gasteiger partial charge on any atom is 0.275 e. The molecule has 0 radical (unpaired) electrons. The molecule has 0 aromatic heterocycles. The Morgan fingerprint density at radius 3 is 2.47 bits per heavy atom. The summed E-state index contributed by atoms with van der Waals surface area (Å²) in [6.07, 6.45) is 3.17. The van der Waals surface area contributed by atoms with Gasteiger partial charge in [-0.2, -0.15) is 5.10 Å². The minimum Gasteiger partial charge on any atom is -0.496 e. The molecule has 3 aromatic carbocycles. The molecule has 0 aliphatic heterocycles. The molecule has 6 nitrogen and oxygen atoms in total. The normalized spacial score (nSPS) is 10.8. The zero-order valence-corrected chi connectivity index (χ0v) is 18.2. The van der Waals surface area contributed by atoms with Crippen molar-refractivity contribution in [2.45, 2.75) is 0 Å². The van der Waals surface area contributed by atoms with Crippen molar-refractivity contribution in [2.24, 2.45) is 5.10 Å². The molecule has 30 heavy (non-hydrogen) atoms. The molecule has 0 aliphatic rings. The van der Waals surface area contributed by atoms with Crippen molar-refractivity contribution in [3.8, 4) is 17.2 Å². The van der Waals surface area contributed by atoms with E-state index in [1.807, 2.05) is 36.4 Å². The number of fused-ring (bicyclic) bond motifs is 1. The van der Waals surface area contributed by atoms with Gasteiger partial charge in [-0.25, -0.2) is 5.43 Å². The Kier molecular flexibility index (Phi) is 7.08. The van der Waals surface area contributed by atoms with E-state index in [2.05, 4.69) is 33.0 Å². The van der Waals surface area contributed by atoms with Crippen LogP contribution in [0.3, 0.4) is 0 Å². The molecule has 0 heterocycles. The van der Waals surface area contributed by atoms with E-state index in [4.69, 9.17) is 14.2 Å². The number of halogens is 1. The van der Waals surface area contributed by atoms with Crippen LogP contribution < -0.4 is 19.6 Å². The summed E-state index contributed by atoms with van der Waals surface area (Å²) in [7, 11) is 3.08. The molecular formula is C23H21BrN2O4. The fourth-order valence-electron chi connectivity index (χ4n) is 2.89. The third-order valence-electron chi connectivity index (χ3n) is 4.29. The van der Waals surface area contributed by atoms with Gasteiger partial charge < -0.3 is 14.2 Å². The van der Waals surface area contributed by atoms with Crippen LogP contribution in [0.5, 0.6) is 17.2 Å². The topological polar surface area (TPSA) is 69.2 Å². The predicted molar refractivity (Wildman–Crippen MR) is 122 cm³/mol. The zero-order chi connectivity index (χ0) is 21.5. The molecule has 0 saturated heterocycles. The number of nitrogens with zero attached hydrogens (tertiary/aromatic N) is 1. The number of benzene rings is 3. The maximum atomic E-state index is 12.7. The number of ether oxygens (including phenoxy) is 3. The average Bonchev–Trinajstić information content (AvgIpc) is 2.76. The van der Waals surface area contributed by atoms with Crippen LogP contribution >= 0.6 is 15.9 Å². The van der Waals surface area contributed by atoms with Gasteiger partial charge in [-0.3, -0.25) is 4.79 Å². The number of hydrogen-bond donors (Lipinski definition) is 1. The SMILES string of the molecule is C=CCOc1c(Br)cc(/C=N\NC(=O)c2cc3ccccc3cc2OC)cc1OC. The summed E-state index contributed by atoms with van der Waals surface area (Å²) in [5.74, 6) is 1.22. The molecule has 154 valence electrons. The number of carbonyl (C=O) groups is 1. The molecule has 0 bridgehead atoms. The van der Waals surface area contributed by atoms with E-state index in [-0.39, 0.29) is 5.91 Å². The molecule has 0 unspecified atom stereocenters. The Morgan fingerprint density at radius 1 is 1.10 bits per heavy atom. The average molecular weight is 469 g/mol. The quantitative estimate of drug-likeness (QED) is 0.288. The van der Waals surface area contributed by atoms with Crippen molar-refractivity contribution in [1.82, 2.24) is 5.43 Å². The number of hydrogen-bond acceptors (Lipinski definition) is 5. The van der Waals surface area contributed by atoms with Crippen LogP contribution in [0.4, 0.5) is 0 Å². The molecule has 0 spiro atoms. The maximum absolute atomic E-state index is 12.7. The largest absolute Gasteiger partial charge is 0.496 e. The fourth-order valence-corrected chi connectivity index (χ4v) is 3.46. The lowest BCUT2D eigenvalue weighted by Gasteiger charge is -2.12. The Hall–Kier alpha value is -3.32. The van der Waals surface area contributed by atoms with Gasteiger partial charge in [-0.15, -0.1) is 0 Å². The number of nitrogens with one attached hydrogen (secondary N) is 1. The summed E-state index contributed by atoms with van der Waals surface area (Å²) >= 11 is 3.46. The van der Waals surface area contributed by atoms with E-state index in [1.165, 1.54) is 13.3 Å². The molecule has 3 aromatic rings. The summed E-state index contributed by atoms with van der Waals surface area (Å²) in [6, 6.07) is 14.9. The highest BCUT2D eigenvalue weighted by Gasteiger charge is 2.14. The second-order valence-electron chi connectivity index (χ2n) is 6.23. The first-order valence-electron chi connectivity index (χ1n) is 9.08. The van der Waals surface area contributed by atoms with Crippen molar-refractivity contribution in [1.29, 1.82) is 0 Å². The fraction of sp³-hybridized carbons (Fsp3) is 0.130. The van der Waals surface area contributed by atoms with Crippen LogP contribution in [0.2, 0.25) is 0 Å². The minimum atomic E-state index is -0.370. The molecule has 3 rings (SSSR count). The zero-order valence-electron chi connectivity index (χ0n) is 16.6. The van der Waals surface area contributed by atoms with E-state index in [0.29, 0.717) is 33.9 Å². The Labute approximate surface area is 183 Å². The number of rotatable bonds is 8. The van der Waals surface area contributed by atoms with Gasteiger partial charge in [0.15, 0.2) is 11.5 Å². The van der Waals surface area contributed by atoms with Crippen molar-refractivity contribution in [2.75, 3.05) is 20.8 Å². The Balaban J connectivity index is 1.80. The van der Waals surface area contributed by atoms with Crippen LogP contribution in [-0.4, -0.2) is 32.9 Å². The molecule has 0 aliphatic carbocycles. The van der Waals surface area contributed by atoms with Crippen LogP contribution in [0.1, 0.15) is 15.9 Å². The Bertz CT molecular complexity index is 1110. The monoisotopic (exact) mass is 468 g/mol. The second-order valence-corrected chi connectivity index (χ2v) is 7.09. The van der Waals surface area contributed by atoms with Gasteiger partial charge >= 0.3 is 0 Å². The van der Waals surface area contributed by atoms with Crippen LogP contribution in [0.15, 0.2) is 70.8 Å². The second kappa shape index (κ2) is 9.93. The highest BCUT2D eigenvalue weighted by atomic mass is 79.9. The molecule has 1 amide bonds.